The zero-order valence-electron chi connectivity index (χ0n) is 12.7. The smallest absolute Gasteiger partial charge is 0.238 e. The van der Waals surface area contributed by atoms with Crippen molar-refractivity contribution in [3.05, 3.63) is 18.2 Å². The molecule has 0 aromatic heterocycles. The molecule has 1 fully saturated rings. The van der Waals surface area contributed by atoms with Crippen molar-refractivity contribution in [2.24, 2.45) is 11.1 Å². The molecule has 0 saturated heterocycles. The molecule has 0 amide bonds. The average molecular weight is 311 g/mol. The molecule has 21 heavy (non-hydrogen) atoms. The number of nitrogens with zero attached hydrogens (tertiary/aromatic N) is 1. The van der Waals surface area contributed by atoms with Crippen LogP contribution in [0.1, 0.15) is 39.5 Å². The van der Waals surface area contributed by atoms with E-state index >= 15 is 0 Å². The van der Waals surface area contributed by atoms with Gasteiger partial charge in [-0.2, -0.15) is 0 Å². The molecule has 1 aliphatic carbocycles. The Morgan fingerprint density at radius 2 is 1.86 bits per heavy atom. The highest BCUT2D eigenvalue weighted by Crippen LogP contribution is 2.31. The normalized spacial score (nSPS) is 16.6. The lowest BCUT2D eigenvalue weighted by molar-refractivity contribution is 0.535. The van der Waals surface area contributed by atoms with Gasteiger partial charge in [0.25, 0.3) is 0 Å². The van der Waals surface area contributed by atoms with Gasteiger partial charge in [0.15, 0.2) is 0 Å². The van der Waals surface area contributed by atoms with E-state index in [0.29, 0.717) is 17.6 Å². The van der Waals surface area contributed by atoms with Crippen molar-refractivity contribution in [3.8, 4) is 0 Å². The fourth-order valence-electron chi connectivity index (χ4n) is 3.01. The van der Waals surface area contributed by atoms with Crippen molar-refractivity contribution in [2.45, 2.75) is 50.5 Å². The fourth-order valence-corrected chi connectivity index (χ4v) is 3.60. The SMILES string of the molecule is CC(C)CN(c1cc(N)cc(S(N)(=O)=O)c1)C1CCCC1. The number of hydrogen-bond donors (Lipinski definition) is 2. The summed E-state index contributed by atoms with van der Waals surface area (Å²) in [6.07, 6.45) is 4.74. The minimum Gasteiger partial charge on any atom is -0.399 e. The molecule has 1 aromatic carbocycles. The van der Waals surface area contributed by atoms with Gasteiger partial charge in [-0.05, 0) is 37.0 Å². The molecule has 1 aromatic rings. The van der Waals surface area contributed by atoms with Crippen molar-refractivity contribution in [1.29, 1.82) is 0 Å². The average Bonchev–Trinajstić information content (AvgIpc) is 2.87. The molecule has 118 valence electrons. The third-order valence-electron chi connectivity index (χ3n) is 3.90. The summed E-state index contributed by atoms with van der Waals surface area (Å²) in [6, 6.07) is 5.37. The second-order valence-electron chi connectivity index (χ2n) is 6.29. The Labute approximate surface area is 127 Å². The van der Waals surface area contributed by atoms with Crippen molar-refractivity contribution in [2.75, 3.05) is 17.2 Å². The first-order valence-corrected chi connectivity index (χ1v) is 9.02. The molecule has 0 bridgehead atoms. The molecular formula is C15H25N3O2S. The molecule has 5 nitrogen and oxygen atoms in total. The summed E-state index contributed by atoms with van der Waals surface area (Å²) in [5.41, 5.74) is 7.17. The molecule has 0 heterocycles. The van der Waals surface area contributed by atoms with Crippen LogP contribution in [-0.4, -0.2) is 21.0 Å². The fraction of sp³-hybridized carbons (Fsp3) is 0.600. The predicted molar refractivity (Wildman–Crippen MR) is 86.7 cm³/mol. The first-order chi connectivity index (χ1) is 9.77. The molecular weight excluding hydrogens is 286 g/mol. The van der Waals surface area contributed by atoms with Crippen molar-refractivity contribution < 1.29 is 8.42 Å². The zero-order valence-corrected chi connectivity index (χ0v) is 13.6. The Morgan fingerprint density at radius 3 is 2.38 bits per heavy atom. The quantitative estimate of drug-likeness (QED) is 0.817. The highest BCUT2D eigenvalue weighted by Gasteiger charge is 2.24. The molecule has 0 aliphatic heterocycles. The Kier molecular flexibility index (Phi) is 4.78. The number of rotatable bonds is 5. The van der Waals surface area contributed by atoms with Gasteiger partial charge < -0.3 is 10.6 Å². The summed E-state index contributed by atoms with van der Waals surface area (Å²) < 4.78 is 23.2. The Hall–Kier alpha value is -1.27. The molecule has 1 aliphatic rings. The van der Waals surface area contributed by atoms with E-state index in [1.807, 2.05) is 6.07 Å². The van der Waals surface area contributed by atoms with Crippen LogP contribution in [0.4, 0.5) is 11.4 Å². The van der Waals surface area contributed by atoms with Gasteiger partial charge in [0, 0.05) is 24.0 Å². The van der Waals surface area contributed by atoms with Crippen LogP contribution in [0.25, 0.3) is 0 Å². The lowest BCUT2D eigenvalue weighted by Crippen LogP contribution is -2.36. The summed E-state index contributed by atoms with van der Waals surface area (Å²) in [4.78, 5) is 2.38. The van der Waals surface area contributed by atoms with Gasteiger partial charge in [0.2, 0.25) is 10.0 Å². The lowest BCUT2D eigenvalue weighted by atomic mass is 10.1. The van der Waals surface area contributed by atoms with Crippen LogP contribution in [0, 0.1) is 5.92 Å². The van der Waals surface area contributed by atoms with Crippen LogP contribution < -0.4 is 15.8 Å². The van der Waals surface area contributed by atoms with Gasteiger partial charge in [0.05, 0.1) is 4.90 Å². The molecule has 0 spiro atoms. The highest BCUT2D eigenvalue weighted by molar-refractivity contribution is 7.89. The van der Waals surface area contributed by atoms with Crippen molar-refractivity contribution in [1.82, 2.24) is 0 Å². The molecule has 4 N–H and O–H groups in total. The van der Waals surface area contributed by atoms with Crippen LogP contribution in [-0.2, 0) is 10.0 Å². The number of nitrogens with two attached hydrogens (primary N) is 2. The van der Waals surface area contributed by atoms with E-state index in [2.05, 4.69) is 18.7 Å². The number of sulfonamides is 1. The lowest BCUT2D eigenvalue weighted by Gasteiger charge is -2.33. The maximum absolute atomic E-state index is 11.6. The van der Waals surface area contributed by atoms with E-state index in [-0.39, 0.29) is 4.90 Å². The second-order valence-corrected chi connectivity index (χ2v) is 7.85. The molecule has 6 heteroatoms. The largest absolute Gasteiger partial charge is 0.399 e. The summed E-state index contributed by atoms with van der Waals surface area (Å²) in [5.74, 6) is 0.491. The third-order valence-corrected chi connectivity index (χ3v) is 4.79. The highest BCUT2D eigenvalue weighted by atomic mass is 32.2. The maximum Gasteiger partial charge on any atom is 0.238 e. The first-order valence-electron chi connectivity index (χ1n) is 7.47. The Bertz CT molecular complexity index is 593. The summed E-state index contributed by atoms with van der Waals surface area (Å²) in [6.45, 7) is 5.21. The number of benzene rings is 1. The van der Waals surface area contributed by atoms with Crippen LogP contribution in [0.3, 0.4) is 0 Å². The molecule has 2 rings (SSSR count). The zero-order chi connectivity index (χ0) is 15.6. The number of anilines is 2. The Morgan fingerprint density at radius 1 is 1.24 bits per heavy atom. The molecule has 0 atom stereocenters. The molecule has 0 unspecified atom stereocenters. The van der Waals surface area contributed by atoms with E-state index in [9.17, 15) is 8.42 Å². The molecule has 1 saturated carbocycles. The second kappa shape index (κ2) is 6.23. The van der Waals surface area contributed by atoms with Gasteiger partial charge >= 0.3 is 0 Å². The first kappa shape index (κ1) is 16.1. The number of hydrogen-bond acceptors (Lipinski definition) is 4. The van der Waals surface area contributed by atoms with Crippen molar-refractivity contribution >= 4 is 21.4 Å². The molecule has 0 radical (unpaired) electrons. The van der Waals surface area contributed by atoms with Crippen LogP contribution in [0.2, 0.25) is 0 Å². The van der Waals surface area contributed by atoms with E-state index in [1.54, 1.807) is 6.07 Å². The summed E-state index contributed by atoms with van der Waals surface area (Å²) >= 11 is 0. The predicted octanol–water partition coefficient (Wildman–Crippen LogP) is 2.32. The third kappa shape index (κ3) is 4.11. The minimum atomic E-state index is -3.74. The van der Waals surface area contributed by atoms with E-state index < -0.39 is 10.0 Å². The van der Waals surface area contributed by atoms with E-state index in [0.717, 1.165) is 25.1 Å². The minimum absolute atomic E-state index is 0.0873. The van der Waals surface area contributed by atoms with Crippen LogP contribution >= 0.6 is 0 Å². The van der Waals surface area contributed by atoms with E-state index in [1.165, 1.54) is 18.9 Å². The topological polar surface area (TPSA) is 89.4 Å². The van der Waals surface area contributed by atoms with Crippen LogP contribution in [0.15, 0.2) is 23.1 Å². The summed E-state index contributed by atoms with van der Waals surface area (Å²) in [7, 11) is -3.74. The van der Waals surface area contributed by atoms with Crippen molar-refractivity contribution in [3.63, 3.8) is 0 Å². The van der Waals surface area contributed by atoms with Gasteiger partial charge in [-0.25, -0.2) is 13.6 Å². The van der Waals surface area contributed by atoms with Gasteiger partial charge in [0.1, 0.15) is 0 Å². The number of primary sulfonamides is 1. The Balaban J connectivity index is 2.41. The van der Waals surface area contributed by atoms with Gasteiger partial charge in [-0.1, -0.05) is 26.7 Å². The standard InChI is InChI=1S/C15H25N3O2S/c1-11(2)10-18(13-5-3-4-6-13)14-7-12(16)8-15(9-14)21(17,19)20/h7-9,11,13H,3-6,10,16H2,1-2H3,(H2,17,19,20). The van der Waals surface area contributed by atoms with Gasteiger partial charge in [-0.3, -0.25) is 0 Å². The van der Waals surface area contributed by atoms with Gasteiger partial charge in [-0.15, -0.1) is 0 Å². The number of nitrogen functional groups attached to an aromatic ring is 1. The maximum atomic E-state index is 11.6. The summed E-state index contributed by atoms with van der Waals surface area (Å²) in [5, 5.41) is 5.25. The van der Waals surface area contributed by atoms with E-state index in [4.69, 9.17) is 10.9 Å². The van der Waals surface area contributed by atoms with Crippen LogP contribution in [0.5, 0.6) is 0 Å². The monoisotopic (exact) mass is 311 g/mol.